The molecule has 6 heteroatoms. The highest BCUT2D eigenvalue weighted by Crippen LogP contribution is 2.30. The van der Waals surface area contributed by atoms with E-state index in [1.807, 2.05) is 24.3 Å². The van der Waals surface area contributed by atoms with Gasteiger partial charge in [0.15, 0.2) is 10.2 Å². The van der Waals surface area contributed by atoms with E-state index in [4.69, 9.17) is 0 Å². The summed E-state index contributed by atoms with van der Waals surface area (Å²) in [6.45, 7) is 2.92. The number of hydrogen-bond acceptors (Lipinski definition) is 6. The van der Waals surface area contributed by atoms with Crippen LogP contribution in [0.3, 0.4) is 0 Å². The highest BCUT2D eigenvalue weighted by atomic mass is 32.2. The standard InChI is InChI=1S/C12H10N2O2S2/c1-7(15)17-11-12(18-8(2)16)14-10-6-4-3-5-9(10)13-11/h3-6H,1-2H3. The third-order valence-corrected chi connectivity index (χ3v) is 3.65. The molecule has 0 aliphatic heterocycles. The molecule has 0 aliphatic rings. The van der Waals surface area contributed by atoms with Crippen LogP contribution in [-0.4, -0.2) is 20.2 Å². The number of nitrogens with zero attached hydrogens (tertiary/aromatic N) is 2. The van der Waals surface area contributed by atoms with E-state index in [1.54, 1.807) is 0 Å². The Morgan fingerprint density at radius 1 is 0.889 bits per heavy atom. The van der Waals surface area contributed by atoms with Crippen LogP contribution in [0.15, 0.2) is 34.3 Å². The number of rotatable bonds is 2. The predicted molar refractivity (Wildman–Crippen MR) is 72.6 cm³/mol. The van der Waals surface area contributed by atoms with E-state index >= 15 is 0 Å². The molecule has 18 heavy (non-hydrogen) atoms. The highest BCUT2D eigenvalue weighted by Gasteiger charge is 2.13. The summed E-state index contributed by atoms with van der Waals surface area (Å²) in [5, 5.41) is 0.817. The molecule has 0 spiro atoms. The molecule has 2 rings (SSSR count). The molecule has 0 aliphatic carbocycles. The smallest absolute Gasteiger partial charge is 0.192 e. The maximum Gasteiger partial charge on any atom is 0.192 e. The van der Waals surface area contributed by atoms with Crippen molar-refractivity contribution in [3.63, 3.8) is 0 Å². The summed E-state index contributed by atoms with van der Waals surface area (Å²) in [7, 11) is 0. The molecule has 1 aromatic carbocycles. The van der Waals surface area contributed by atoms with Crippen LogP contribution in [-0.2, 0) is 9.59 Å². The van der Waals surface area contributed by atoms with Crippen LogP contribution in [0, 0.1) is 0 Å². The number of aromatic nitrogens is 2. The fraction of sp³-hybridized carbons (Fsp3) is 0.167. The Kier molecular flexibility index (Phi) is 3.98. The summed E-state index contributed by atoms with van der Waals surface area (Å²) in [6, 6.07) is 7.37. The van der Waals surface area contributed by atoms with Gasteiger partial charge in [-0.15, -0.1) is 0 Å². The van der Waals surface area contributed by atoms with Crippen LogP contribution in [0.1, 0.15) is 13.8 Å². The molecule has 92 valence electrons. The van der Waals surface area contributed by atoms with Crippen molar-refractivity contribution in [2.75, 3.05) is 0 Å². The molecule has 0 fully saturated rings. The van der Waals surface area contributed by atoms with Gasteiger partial charge in [0.1, 0.15) is 10.1 Å². The third-order valence-electron chi connectivity index (χ3n) is 1.99. The van der Waals surface area contributed by atoms with E-state index in [1.165, 1.54) is 13.8 Å². The van der Waals surface area contributed by atoms with Gasteiger partial charge in [0, 0.05) is 13.8 Å². The van der Waals surface area contributed by atoms with E-state index in [-0.39, 0.29) is 10.2 Å². The largest absolute Gasteiger partial charge is 0.287 e. The quantitative estimate of drug-likeness (QED) is 0.787. The Balaban J connectivity index is 2.55. The highest BCUT2D eigenvalue weighted by molar-refractivity contribution is 8.16. The molecule has 1 aromatic heterocycles. The second-order valence-corrected chi connectivity index (χ2v) is 5.84. The molecule has 0 atom stereocenters. The summed E-state index contributed by atoms with van der Waals surface area (Å²) in [5.74, 6) is 0. The Bertz CT molecular complexity index is 574. The van der Waals surface area contributed by atoms with Crippen molar-refractivity contribution in [2.45, 2.75) is 23.9 Å². The van der Waals surface area contributed by atoms with Crippen LogP contribution in [0.4, 0.5) is 0 Å². The summed E-state index contributed by atoms with van der Waals surface area (Å²) in [6.07, 6.45) is 0. The molecule has 0 amide bonds. The number of fused-ring (bicyclic) bond motifs is 1. The van der Waals surface area contributed by atoms with Gasteiger partial charge in [0.2, 0.25) is 0 Å². The molecule has 0 radical (unpaired) electrons. The number of hydrogen-bond donors (Lipinski definition) is 0. The molecule has 0 saturated heterocycles. The fourth-order valence-electron chi connectivity index (χ4n) is 1.37. The van der Waals surface area contributed by atoms with Gasteiger partial charge in [-0.2, -0.15) is 0 Å². The molecule has 0 saturated carbocycles. The molecule has 1 heterocycles. The molecule has 0 unspecified atom stereocenters. The first kappa shape index (κ1) is 13.0. The first-order valence-corrected chi connectivity index (χ1v) is 6.83. The van der Waals surface area contributed by atoms with Crippen LogP contribution in [0.25, 0.3) is 11.0 Å². The molecular weight excluding hydrogens is 268 g/mol. The normalized spacial score (nSPS) is 10.6. The molecule has 2 aromatic rings. The van der Waals surface area contributed by atoms with Crippen LogP contribution in [0.2, 0.25) is 0 Å². The van der Waals surface area contributed by atoms with Crippen molar-refractivity contribution < 1.29 is 9.59 Å². The zero-order valence-corrected chi connectivity index (χ0v) is 11.5. The average molecular weight is 278 g/mol. The van der Waals surface area contributed by atoms with E-state index in [0.29, 0.717) is 21.1 Å². The minimum absolute atomic E-state index is 0.0787. The van der Waals surface area contributed by atoms with Crippen molar-refractivity contribution in [1.82, 2.24) is 9.97 Å². The third kappa shape index (κ3) is 3.08. The van der Waals surface area contributed by atoms with Crippen molar-refractivity contribution in [2.24, 2.45) is 0 Å². The zero-order valence-electron chi connectivity index (χ0n) is 9.84. The van der Waals surface area contributed by atoms with Gasteiger partial charge in [0.25, 0.3) is 0 Å². The second kappa shape index (κ2) is 5.49. The van der Waals surface area contributed by atoms with Gasteiger partial charge >= 0.3 is 0 Å². The Morgan fingerprint density at radius 2 is 1.28 bits per heavy atom. The Labute approximate surface area is 113 Å². The van der Waals surface area contributed by atoms with Crippen molar-refractivity contribution in [3.8, 4) is 0 Å². The van der Waals surface area contributed by atoms with Crippen molar-refractivity contribution in [1.29, 1.82) is 0 Å². The fourth-order valence-corrected chi connectivity index (χ4v) is 2.72. The number of carbonyl (C=O) groups excluding carboxylic acids is 2. The van der Waals surface area contributed by atoms with Crippen molar-refractivity contribution in [3.05, 3.63) is 24.3 Å². The SMILES string of the molecule is CC(=O)Sc1nc2ccccc2nc1SC(C)=O. The van der Waals surface area contributed by atoms with E-state index in [9.17, 15) is 9.59 Å². The topological polar surface area (TPSA) is 59.9 Å². The van der Waals surface area contributed by atoms with Crippen LogP contribution in [0.5, 0.6) is 0 Å². The van der Waals surface area contributed by atoms with Gasteiger partial charge in [-0.3, -0.25) is 9.59 Å². The lowest BCUT2D eigenvalue weighted by molar-refractivity contribution is -0.110. The lowest BCUT2D eigenvalue weighted by Gasteiger charge is -2.05. The predicted octanol–water partition coefficient (Wildman–Crippen LogP) is 2.91. The van der Waals surface area contributed by atoms with Gasteiger partial charge in [0.05, 0.1) is 11.0 Å². The summed E-state index contributed by atoms with van der Waals surface area (Å²) in [5.41, 5.74) is 1.43. The number of carbonyl (C=O) groups is 2. The maximum atomic E-state index is 11.2. The first-order chi connectivity index (χ1) is 8.56. The maximum absolute atomic E-state index is 11.2. The first-order valence-electron chi connectivity index (χ1n) is 5.20. The number of benzene rings is 1. The molecule has 0 N–H and O–H groups in total. The summed E-state index contributed by atoms with van der Waals surface area (Å²) < 4.78 is 0. The minimum atomic E-state index is -0.0787. The Hall–Kier alpha value is -1.40. The molecule has 0 bridgehead atoms. The lowest BCUT2D eigenvalue weighted by atomic mass is 10.3. The number of thioether (sulfide) groups is 2. The summed E-state index contributed by atoms with van der Waals surface area (Å²) in [4.78, 5) is 31.1. The van der Waals surface area contributed by atoms with E-state index < -0.39 is 0 Å². The van der Waals surface area contributed by atoms with Gasteiger partial charge in [-0.25, -0.2) is 9.97 Å². The van der Waals surface area contributed by atoms with Gasteiger partial charge in [-0.05, 0) is 35.7 Å². The van der Waals surface area contributed by atoms with E-state index in [2.05, 4.69) is 9.97 Å². The minimum Gasteiger partial charge on any atom is -0.287 e. The Morgan fingerprint density at radius 3 is 1.61 bits per heavy atom. The average Bonchev–Trinajstić information content (AvgIpc) is 2.28. The molecular formula is C12H10N2O2S2. The van der Waals surface area contributed by atoms with Crippen LogP contribution >= 0.6 is 23.5 Å². The second-order valence-electron chi connectivity index (χ2n) is 3.51. The number of para-hydroxylation sites is 2. The monoisotopic (exact) mass is 278 g/mol. The summed E-state index contributed by atoms with van der Waals surface area (Å²) >= 11 is 1.99. The van der Waals surface area contributed by atoms with E-state index in [0.717, 1.165) is 23.5 Å². The van der Waals surface area contributed by atoms with Crippen LogP contribution < -0.4 is 0 Å². The zero-order chi connectivity index (χ0) is 13.1. The lowest BCUT2D eigenvalue weighted by Crippen LogP contribution is -1.96. The molecule has 4 nitrogen and oxygen atoms in total. The van der Waals surface area contributed by atoms with Gasteiger partial charge < -0.3 is 0 Å². The van der Waals surface area contributed by atoms with Gasteiger partial charge in [-0.1, -0.05) is 12.1 Å². The van der Waals surface area contributed by atoms with Crippen molar-refractivity contribution >= 4 is 44.8 Å².